The maximum absolute atomic E-state index is 13.4. The van der Waals surface area contributed by atoms with Crippen LogP contribution in [0.3, 0.4) is 0 Å². The molecule has 14 heteroatoms. The molecule has 2 saturated heterocycles. The highest BCUT2D eigenvalue weighted by Gasteiger charge is 2.39. The molecule has 2 aliphatic rings. The summed E-state index contributed by atoms with van der Waals surface area (Å²) in [5.41, 5.74) is 1.26. The zero-order chi connectivity index (χ0) is 29.4. The Morgan fingerprint density at radius 1 is 1.26 bits per heavy atom. The van der Waals surface area contributed by atoms with Crippen molar-refractivity contribution in [2.45, 2.75) is 36.9 Å². The molecular formula is C28H30F2N8O3S. The zero-order valence-corrected chi connectivity index (χ0v) is 23.9. The minimum Gasteiger partial charge on any atom is -0.434 e. The normalized spacial score (nSPS) is 18.9. The Kier molecular flexibility index (Phi) is 7.82. The maximum atomic E-state index is 13.4. The number of carbonyl (C=O) groups is 2. The average Bonchev–Trinajstić information content (AvgIpc) is 3.70. The number of fused-ring (bicyclic) bond motifs is 2. The third-order valence-electron chi connectivity index (χ3n) is 7.90. The van der Waals surface area contributed by atoms with Gasteiger partial charge in [-0.2, -0.15) is 19.0 Å². The number of halogens is 2. The molecule has 0 saturated carbocycles. The van der Waals surface area contributed by atoms with E-state index in [0.717, 1.165) is 24.3 Å². The van der Waals surface area contributed by atoms with Gasteiger partial charge < -0.3 is 19.9 Å². The fraction of sp³-hybridized carbons (Fsp3) is 0.393. The number of anilines is 1. The van der Waals surface area contributed by atoms with Gasteiger partial charge in [-0.3, -0.25) is 14.3 Å². The molecule has 0 bridgehead atoms. The molecule has 2 atom stereocenters. The van der Waals surface area contributed by atoms with Gasteiger partial charge in [-0.05, 0) is 62.9 Å². The number of thioether (sulfide) groups is 1. The van der Waals surface area contributed by atoms with Crippen molar-refractivity contribution >= 4 is 34.9 Å². The Labute approximate surface area is 244 Å². The monoisotopic (exact) mass is 596 g/mol. The molecule has 3 aromatic heterocycles. The molecule has 6 rings (SSSR count). The Morgan fingerprint density at radius 3 is 2.90 bits per heavy atom. The highest BCUT2D eigenvalue weighted by atomic mass is 32.2. The minimum absolute atomic E-state index is 0.0719. The van der Waals surface area contributed by atoms with Crippen molar-refractivity contribution in [1.82, 2.24) is 34.2 Å². The lowest BCUT2D eigenvalue weighted by Crippen LogP contribution is -2.42. The highest BCUT2D eigenvalue weighted by Crippen LogP contribution is 2.38. The summed E-state index contributed by atoms with van der Waals surface area (Å²) in [6.45, 7) is -0.767. The second-order valence-electron chi connectivity index (χ2n) is 10.5. The Hall–Kier alpha value is -4.04. The number of hydrogen-bond acceptors (Lipinski definition) is 8. The second-order valence-corrected chi connectivity index (χ2v) is 11.4. The predicted octanol–water partition coefficient (Wildman–Crippen LogP) is 3.72. The lowest BCUT2D eigenvalue weighted by Gasteiger charge is -2.33. The molecule has 1 aromatic carbocycles. The number of piperidine rings is 1. The van der Waals surface area contributed by atoms with E-state index in [1.54, 1.807) is 30.6 Å². The van der Waals surface area contributed by atoms with Crippen LogP contribution in [0.2, 0.25) is 0 Å². The van der Waals surface area contributed by atoms with Gasteiger partial charge in [-0.25, -0.2) is 9.50 Å². The van der Waals surface area contributed by atoms with E-state index in [1.807, 2.05) is 11.2 Å². The molecule has 5 heterocycles. The number of benzene rings is 1. The van der Waals surface area contributed by atoms with Crippen molar-refractivity contribution in [3.63, 3.8) is 0 Å². The lowest BCUT2D eigenvalue weighted by atomic mass is 9.93. The second kappa shape index (κ2) is 11.7. The molecule has 1 N–H and O–H groups in total. The summed E-state index contributed by atoms with van der Waals surface area (Å²) < 4.78 is 34.4. The van der Waals surface area contributed by atoms with E-state index in [0.29, 0.717) is 30.7 Å². The number of alkyl halides is 2. The summed E-state index contributed by atoms with van der Waals surface area (Å²) in [7, 11) is 2.10. The summed E-state index contributed by atoms with van der Waals surface area (Å²) in [6.07, 6.45) is 10.2. The van der Waals surface area contributed by atoms with Crippen molar-refractivity contribution in [3.8, 4) is 17.0 Å². The molecule has 0 aliphatic carbocycles. The van der Waals surface area contributed by atoms with Gasteiger partial charge >= 0.3 is 6.61 Å². The van der Waals surface area contributed by atoms with E-state index < -0.39 is 12.5 Å². The van der Waals surface area contributed by atoms with Gasteiger partial charge in [0.15, 0.2) is 5.65 Å². The van der Waals surface area contributed by atoms with Crippen molar-refractivity contribution in [2.75, 3.05) is 38.3 Å². The van der Waals surface area contributed by atoms with Crippen LogP contribution in [0.4, 0.5) is 14.5 Å². The molecule has 11 nitrogen and oxygen atoms in total. The van der Waals surface area contributed by atoms with Crippen LogP contribution in [0.1, 0.15) is 23.2 Å². The van der Waals surface area contributed by atoms with Crippen molar-refractivity contribution < 1.29 is 23.1 Å². The van der Waals surface area contributed by atoms with Gasteiger partial charge in [0.1, 0.15) is 23.6 Å². The smallest absolute Gasteiger partial charge is 0.387 e. The number of aromatic nitrogens is 5. The quantitative estimate of drug-likeness (QED) is 0.307. The molecule has 2 amide bonds. The summed E-state index contributed by atoms with van der Waals surface area (Å²) in [5.74, 6) is -0.268. The summed E-state index contributed by atoms with van der Waals surface area (Å²) in [4.78, 5) is 36.0. The fourth-order valence-corrected chi connectivity index (χ4v) is 6.28. The van der Waals surface area contributed by atoms with Gasteiger partial charge in [0.2, 0.25) is 5.91 Å². The van der Waals surface area contributed by atoms with Gasteiger partial charge in [0.25, 0.3) is 5.91 Å². The first-order valence-corrected chi connectivity index (χ1v) is 14.8. The molecule has 220 valence electrons. The molecule has 2 aliphatic heterocycles. The first-order chi connectivity index (χ1) is 20.3. The molecule has 42 heavy (non-hydrogen) atoms. The number of amides is 2. The third-order valence-corrected chi connectivity index (χ3v) is 8.63. The summed E-state index contributed by atoms with van der Waals surface area (Å²) in [5, 5.41) is 11.6. The number of nitrogens with one attached hydrogen (secondary N) is 1. The Balaban J connectivity index is 1.33. The highest BCUT2D eigenvalue weighted by molar-refractivity contribution is 7.98. The number of likely N-dealkylation sites (tertiary alicyclic amines) is 2. The summed E-state index contributed by atoms with van der Waals surface area (Å²) >= 11 is 1.42. The van der Waals surface area contributed by atoms with Crippen LogP contribution in [0, 0.1) is 5.92 Å². The van der Waals surface area contributed by atoms with Crippen LogP contribution in [0.5, 0.6) is 5.75 Å². The maximum Gasteiger partial charge on any atom is 0.387 e. The van der Waals surface area contributed by atoms with Gasteiger partial charge in [0, 0.05) is 48.2 Å². The van der Waals surface area contributed by atoms with Crippen LogP contribution < -0.4 is 10.1 Å². The van der Waals surface area contributed by atoms with Gasteiger partial charge in [0.05, 0.1) is 11.9 Å². The molecule has 0 spiro atoms. The van der Waals surface area contributed by atoms with Gasteiger partial charge in [-0.1, -0.05) is 0 Å². The Bertz CT molecular complexity index is 1630. The van der Waals surface area contributed by atoms with E-state index in [2.05, 4.69) is 32.4 Å². The van der Waals surface area contributed by atoms with Crippen molar-refractivity contribution in [1.29, 1.82) is 0 Å². The van der Waals surface area contributed by atoms with Crippen LogP contribution in [-0.2, 0) is 11.3 Å². The first-order valence-electron chi connectivity index (χ1n) is 13.6. The fourth-order valence-electron chi connectivity index (χ4n) is 5.84. The van der Waals surface area contributed by atoms with Crippen LogP contribution in [0.25, 0.3) is 16.9 Å². The van der Waals surface area contributed by atoms with Crippen LogP contribution in [-0.4, -0.2) is 91.6 Å². The van der Waals surface area contributed by atoms with E-state index in [1.165, 1.54) is 39.4 Å². The number of hydrogen-bond donors (Lipinski definition) is 1. The van der Waals surface area contributed by atoms with Crippen molar-refractivity contribution in [2.24, 2.45) is 5.92 Å². The molecule has 0 radical (unpaired) electrons. The number of ether oxygens (including phenoxy) is 1. The van der Waals surface area contributed by atoms with Crippen molar-refractivity contribution in [3.05, 3.63) is 54.6 Å². The zero-order valence-electron chi connectivity index (χ0n) is 23.1. The van der Waals surface area contributed by atoms with Gasteiger partial charge in [-0.15, -0.1) is 11.8 Å². The average molecular weight is 597 g/mol. The van der Waals surface area contributed by atoms with Crippen LogP contribution >= 0.6 is 11.8 Å². The van der Waals surface area contributed by atoms with E-state index in [-0.39, 0.29) is 40.7 Å². The molecule has 4 aromatic rings. The minimum atomic E-state index is -3.06. The molecule has 2 unspecified atom stereocenters. The molecular weight excluding hydrogens is 566 g/mol. The van der Waals surface area contributed by atoms with E-state index >= 15 is 0 Å². The van der Waals surface area contributed by atoms with E-state index in [9.17, 15) is 18.4 Å². The van der Waals surface area contributed by atoms with E-state index in [4.69, 9.17) is 4.74 Å². The Morgan fingerprint density at radius 2 is 2.12 bits per heavy atom. The van der Waals surface area contributed by atoms with Crippen LogP contribution in [0.15, 0.2) is 53.9 Å². The largest absolute Gasteiger partial charge is 0.434 e. The SMILES string of the molecule is CSc1ccc(OC(F)F)c(-c2nn(CC(=O)N3CC4CCCN(C)C4C3)cc2NC(=O)c2cnn3cccnc23)c1. The first kappa shape index (κ1) is 28.1. The number of carbonyl (C=O) groups excluding carboxylic acids is 2. The molecule has 2 fully saturated rings. The number of nitrogens with zero attached hydrogens (tertiary/aromatic N) is 7. The summed E-state index contributed by atoms with van der Waals surface area (Å²) in [6, 6.07) is 6.82. The topological polar surface area (TPSA) is 110 Å². The standard InChI is InChI=1S/C28H30F2N8O3S/c1-35-9-3-5-17-13-36(15-22(17)35)24(39)16-37-14-21(33-27(40)20-12-32-38-10-4-8-31-26(20)38)25(34-37)19-11-18(42-2)6-7-23(19)41-28(29)30/h4,6-8,10-12,14,17,22,28H,3,5,9,13,15-16H2,1-2H3,(H,33,40). The third kappa shape index (κ3) is 5.55. The number of rotatable bonds is 8. The predicted molar refractivity (Wildman–Crippen MR) is 153 cm³/mol. The lowest BCUT2D eigenvalue weighted by molar-refractivity contribution is -0.131. The number of likely N-dealkylation sites (N-methyl/N-ethyl adjacent to an activating group) is 1.